The smallest absolute Gasteiger partial charge is 0.0418 e. The van der Waals surface area contributed by atoms with Crippen LogP contribution in [0.15, 0.2) is 24.3 Å². The Labute approximate surface area is 91.2 Å². The highest BCUT2D eigenvalue weighted by Gasteiger charge is 2.18. The Bertz CT molecular complexity index is 334. The average Bonchev–Trinajstić information content (AvgIpc) is 2.30. The van der Waals surface area contributed by atoms with Crippen molar-refractivity contribution >= 4 is 5.71 Å². The second-order valence-corrected chi connectivity index (χ2v) is 4.30. The summed E-state index contributed by atoms with van der Waals surface area (Å²) in [6.45, 7) is 4.19. The molecule has 0 aliphatic carbocycles. The van der Waals surface area contributed by atoms with Gasteiger partial charge in [-0.05, 0) is 38.4 Å². The zero-order chi connectivity index (χ0) is 10.7. The molecule has 0 radical (unpaired) electrons. The molecule has 0 saturated carbocycles. The van der Waals surface area contributed by atoms with Gasteiger partial charge < -0.3 is 10.7 Å². The van der Waals surface area contributed by atoms with E-state index in [9.17, 15) is 0 Å². The second-order valence-electron chi connectivity index (χ2n) is 4.30. The van der Waals surface area contributed by atoms with E-state index in [0.717, 1.165) is 37.2 Å². The van der Waals surface area contributed by atoms with Crippen LogP contribution in [0.25, 0.3) is 0 Å². The predicted molar refractivity (Wildman–Crippen MR) is 63.6 cm³/mol. The topological polar surface area (TPSA) is 35.9 Å². The van der Waals surface area contributed by atoms with Crippen molar-refractivity contribution in [2.45, 2.75) is 19.8 Å². The summed E-state index contributed by atoms with van der Waals surface area (Å²) in [4.78, 5) is 0. The monoisotopic (exact) mass is 202 g/mol. The Morgan fingerprint density at radius 3 is 2.40 bits per heavy atom. The maximum absolute atomic E-state index is 8.17. The summed E-state index contributed by atoms with van der Waals surface area (Å²) in [6.07, 6.45) is 2.21. The molecule has 1 aliphatic heterocycles. The molecule has 80 valence electrons. The van der Waals surface area contributed by atoms with Crippen molar-refractivity contribution in [1.82, 2.24) is 5.32 Å². The Balaban J connectivity index is 2.09. The number of rotatable bonds is 2. The summed E-state index contributed by atoms with van der Waals surface area (Å²) in [7, 11) is 0. The molecule has 1 aliphatic rings. The summed E-state index contributed by atoms with van der Waals surface area (Å²) in [5.74, 6) is 0.453. The lowest BCUT2D eigenvalue weighted by Crippen LogP contribution is -2.31. The quantitative estimate of drug-likeness (QED) is 0.710. The van der Waals surface area contributed by atoms with Crippen molar-refractivity contribution in [1.29, 1.82) is 5.41 Å². The predicted octanol–water partition coefficient (Wildman–Crippen LogP) is 2.36. The highest BCUT2D eigenvalue weighted by molar-refractivity contribution is 6.00. The normalized spacial score (nSPS) is 17.7. The van der Waals surface area contributed by atoms with E-state index in [-0.39, 0.29) is 0 Å². The van der Waals surface area contributed by atoms with Crippen LogP contribution in [0.3, 0.4) is 0 Å². The lowest BCUT2D eigenvalue weighted by atomic mass is 9.89. The number of hydrogen-bond acceptors (Lipinski definition) is 2. The van der Waals surface area contributed by atoms with Crippen LogP contribution in [-0.4, -0.2) is 18.8 Å². The van der Waals surface area contributed by atoms with Gasteiger partial charge in [-0.25, -0.2) is 0 Å². The van der Waals surface area contributed by atoms with Gasteiger partial charge in [0.2, 0.25) is 0 Å². The third-order valence-electron chi connectivity index (χ3n) is 3.11. The standard InChI is InChI=1S/C13H18N2/c1-10-2-4-11(5-3-10)13(14)12-6-8-15-9-7-12/h2-5,12,14-15H,6-9H2,1H3. The Morgan fingerprint density at radius 2 is 1.80 bits per heavy atom. The summed E-state index contributed by atoms with van der Waals surface area (Å²) in [5.41, 5.74) is 3.17. The first-order valence-corrected chi connectivity index (χ1v) is 5.63. The maximum atomic E-state index is 8.17. The molecule has 0 spiro atoms. The molecule has 1 saturated heterocycles. The van der Waals surface area contributed by atoms with Crippen LogP contribution in [0.2, 0.25) is 0 Å². The van der Waals surface area contributed by atoms with Gasteiger partial charge in [-0.2, -0.15) is 0 Å². The Kier molecular flexibility index (Phi) is 3.17. The molecule has 0 amide bonds. The fraction of sp³-hybridized carbons (Fsp3) is 0.462. The first kappa shape index (κ1) is 10.4. The SMILES string of the molecule is Cc1ccc(C(=N)C2CCNCC2)cc1. The van der Waals surface area contributed by atoms with E-state index >= 15 is 0 Å². The minimum Gasteiger partial charge on any atom is -0.317 e. The summed E-state index contributed by atoms with van der Waals surface area (Å²) < 4.78 is 0. The molecule has 1 aromatic rings. The van der Waals surface area contributed by atoms with Crippen molar-refractivity contribution in [2.24, 2.45) is 5.92 Å². The number of aryl methyl sites for hydroxylation is 1. The first-order valence-electron chi connectivity index (χ1n) is 5.63. The highest BCUT2D eigenvalue weighted by atomic mass is 14.9. The Hall–Kier alpha value is -1.15. The van der Waals surface area contributed by atoms with Gasteiger partial charge in [0.05, 0.1) is 0 Å². The van der Waals surface area contributed by atoms with E-state index in [1.807, 2.05) is 0 Å². The first-order chi connectivity index (χ1) is 7.27. The second kappa shape index (κ2) is 4.58. The van der Waals surface area contributed by atoms with Gasteiger partial charge in [0.15, 0.2) is 0 Å². The largest absolute Gasteiger partial charge is 0.317 e. The van der Waals surface area contributed by atoms with Crippen LogP contribution in [0.1, 0.15) is 24.0 Å². The van der Waals surface area contributed by atoms with Crippen molar-refractivity contribution in [3.8, 4) is 0 Å². The van der Waals surface area contributed by atoms with Gasteiger partial charge in [-0.1, -0.05) is 29.8 Å². The van der Waals surface area contributed by atoms with Gasteiger partial charge in [0.1, 0.15) is 0 Å². The fourth-order valence-electron chi connectivity index (χ4n) is 2.08. The van der Waals surface area contributed by atoms with E-state index in [0.29, 0.717) is 5.92 Å². The van der Waals surface area contributed by atoms with Gasteiger partial charge in [0.25, 0.3) is 0 Å². The molecular weight excluding hydrogens is 184 g/mol. The zero-order valence-electron chi connectivity index (χ0n) is 9.22. The molecule has 2 N–H and O–H groups in total. The van der Waals surface area contributed by atoms with Gasteiger partial charge in [-0.15, -0.1) is 0 Å². The molecule has 0 unspecified atom stereocenters. The zero-order valence-corrected chi connectivity index (χ0v) is 9.22. The average molecular weight is 202 g/mol. The van der Waals surface area contributed by atoms with Crippen molar-refractivity contribution in [3.05, 3.63) is 35.4 Å². The van der Waals surface area contributed by atoms with Crippen LogP contribution < -0.4 is 5.32 Å². The molecule has 0 atom stereocenters. The van der Waals surface area contributed by atoms with E-state index in [1.54, 1.807) is 0 Å². The van der Waals surface area contributed by atoms with Crippen molar-refractivity contribution < 1.29 is 0 Å². The molecule has 0 bridgehead atoms. The van der Waals surface area contributed by atoms with E-state index < -0.39 is 0 Å². The lowest BCUT2D eigenvalue weighted by molar-refractivity contribution is 0.456. The number of nitrogens with one attached hydrogen (secondary N) is 2. The van der Waals surface area contributed by atoms with Gasteiger partial charge >= 0.3 is 0 Å². The van der Waals surface area contributed by atoms with E-state index in [1.165, 1.54) is 5.56 Å². The molecule has 0 aromatic heterocycles. The third-order valence-corrected chi connectivity index (χ3v) is 3.11. The number of hydrogen-bond donors (Lipinski definition) is 2. The maximum Gasteiger partial charge on any atom is 0.0418 e. The fourth-order valence-corrected chi connectivity index (χ4v) is 2.08. The Morgan fingerprint density at radius 1 is 1.20 bits per heavy atom. The molecule has 2 rings (SSSR count). The van der Waals surface area contributed by atoms with Crippen LogP contribution in [0.4, 0.5) is 0 Å². The molecule has 2 heteroatoms. The molecule has 1 fully saturated rings. The van der Waals surface area contributed by atoms with Crippen molar-refractivity contribution in [3.63, 3.8) is 0 Å². The third kappa shape index (κ3) is 2.45. The molecule has 2 nitrogen and oxygen atoms in total. The molecular formula is C13H18N2. The summed E-state index contributed by atoms with van der Waals surface area (Å²) >= 11 is 0. The minimum atomic E-state index is 0.453. The lowest BCUT2D eigenvalue weighted by Gasteiger charge is -2.23. The highest BCUT2D eigenvalue weighted by Crippen LogP contribution is 2.18. The van der Waals surface area contributed by atoms with Crippen LogP contribution in [0, 0.1) is 18.3 Å². The summed E-state index contributed by atoms with van der Waals surface area (Å²) in [5, 5.41) is 11.5. The van der Waals surface area contributed by atoms with Crippen LogP contribution in [-0.2, 0) is 0 Å². The number of benzene rings is 1. The van der Waals surface area contributed by atoms with Crippen LogP contribution >= 0.6 is 0 Å². The van der Waals surface area contributed by atoms with E-state index in [2.05, 4.69) is 36.5 Å². The minimum absolute atomic E-state index is 0.453. The van der Waals surface area contributed by atoms with Crippen LogP contribution in [0.5, 0.6) is 0 Å². The summed E-state index contributed by atoms with van der Waals surface area (Å²) in [6, 6.07) is 8.31. The molecule has 15 heavy (non-hydrogen) atoms. The van der Waals surface area contributed by atoms with Gasteiger partial charge in [0, 0.05) is 11.6 Å². The van der Waals surface area contributed by atoms with Gasteiger partial charge in [-0.3, -0.25) is 0 Å². The molecule has 1 heterocycles. The van der Waals surface area contributed by atoms with E-state index in [4.69, 9.17) is 5.41 Å². The number of piperidine rings is 1. The molecule has 1 aromatic carbocycles. The van der Waals surface area contributed by atoms with Crippen molar-refractivity contribution in [2.75, 3.05) is 13.1 Å².